The van der Waals surface area contributed by atoms with Crippen LogP contribution in [0, 0.1) is 6.92 Å². The van der Waals surface area contributed by atoms with E-state index in [-0.39, 0.29) is 11.2 Å². The lowest BCUT2D eigenvalue weighted by Crippen LogP contribution is -2.08. The van der Waals surface area contributed by atoms with Gasteiger partial charge in [-0.2, -0.15) is 4.98 Å². The lowest BCUT2D eigenvalue weighted by atomic mass is 10.3. The Labute approximate surface area is 92.6 Å². The highest BCUT2D eigenvalue weighted by molar-refractivity contribution is 7.99. The number of carbonyl (C=O) groups is 1. The molecule has 0 N–H and O–H groups in total. The Morgan fingerprint density at radius 3 is 2.93 bits per heavy atom. The van der Waals surface area contributed by atoms with Crippen molar-refractivity contribution in [2.75, 3.05) is 7.11 Å². The Morgan fingerprint density at radius 2 is 2.40 bits per heavy atom. The van der Waals surface area contributed by atoms with Crippen LogP contribution in [0.15, 0.2) is 4.52 Å². The van der Waals surface area contributed by atoms with Crippen molar-refractivity contribution in [2.45, 2.75) is 31.3 Å². The Balaban J connectivity index is 2.28. The Hall–Kier alpha value is -1.04. The first-order chi connectivity index (χ1) is 7.11. The van der Waals surface area contributed by atoms with Crippen molar-refractivity contribution in [3.8, 4) is 0 Å². The third kappa shape index (κ3) is 4.33. The van der Waals surface area contributed by atoms with Gasteiger partial charge in [0.1, 0.15) is 0 Å². The SMILES string of the molecule is COC(=O)CC(C)SCc1nc(C)no1. The van der Waals surface area contributed by atoms with Gasteiger partial charge in [0.2, 0.25) is 5.89 Å². The molecule has 6 heteroatoms. The molecule has 1 aromatic heterocycles. The van der Waals surface area contributed by atoms with Gasteiger partial charge in [0, 0.05) is 5.25 Å². The van der Waals surface area contributed by atoms with Crippen LogP contribution in [-0.2, 0) is 15.3 Å². The monoisotopic (exact) mass is 230 g/mol. The lowest BCUT2D eigenvalue weighted by Gasteiger charge is -2.07. The normalized spacial score (nSPS) is 12.5. The van der Waals surface area contributed by atoms with Crippen LogP contribution >= 0.6 is 11.8 Å². The molecule has 0 spiro atoms. The minimum Gasteiger partial charge on any atom is -0.469 e. The number of hydrogen-bond acceptors (Lipinski definition) is 6. The van der Waals surface area contributed by atoms with Gasteiger partial charge in [0.05, 0.1) is 19.3 Å². The maximum Gasteiger partial charge on any atom is 0.306 e. The Bertz CT molecular complexity index is 327. The van der Waals surface area contributed by atoms with E-state index in [1.165, 1.54) is 7.11 Å². The van der Waals surface area contributed by atoms with Crippen molar-refractivity contribution in [3.05, 3.63) is 11.7 Å². The summed E-state index contributed by atoms with van der Waals surface area (Å²) in [5.41, 5.74) is 0. The Morgan fingerprint density at radius 1 is 1.67 bits per heavy atom. The molecule has 1 atom stereocenters. The van der Waals surface area contributed by atoms with Crippen LogP contribution in [0.4, 0.5) is 0 Å². The third-order valence-electron chi connectivity index (χ3n) is 1.74. The van der Waals surface area contributed by atoms with Gasteiger partial charge in [-0.05, 0) is 6.92 Å². The molecule has 0 saturated heterocycles. The summed E-state index contributed by atoms with van der Waals surface area (Å²) >= 11 is 1.59. The van der Waals surface area contributed by atoms with Crippen LogP contribution in [0.5, 0.6) is 0 Å². The highest BCUT2D eigenvalue weighted by atomic mass is 32.2. The molecule has 1 aromatic rings. The van der Waals surface area contributed by atoms with Gasteiger partial charge in [-0.15, -0.1) is 11.8 Å². The third-order valence-corrected chi connectivity index (χ3v) is 2.89. The van der Waals surface area contributed by atoms with Crippen LogP contribution in [0.25, 0.3) is 0 Å². The minimum absolute atomic E-state index is 0.185. The molecule has 0 saturated carbocycles. The zero-order valence-corrected chi connectivity index (χ0v) is 9.84. The maximum absolute atomic E-state index is 11.0. The lowest BCUT2D eigenvalue weighted by molar-refractivity contribution is -0.140. The molecule has 0 radical (unpaired) electrons. The summed E-state index contributed by atoms with van der Waals surface area (Å²) in [6.07, 6.45) is 0.397. The second-order valence-corrected chi connectivity index (χ2v) is 4.56. The van der Waals surface area contributed by atoms with Crippen LogP contribution in [0.2, 0.25) is 0 Å². The van der Waals surface area contributed by atoms with Gasteiger partial charge in [-0.25, -0.2) is 0 Å². The van der Waals surface area contributed by atoms with E-state index in [9.17, 15) is 4.79 Å². The quantitative estimate of drug-likeness (QED) is 0.715. The number of thioether (sulfide) groups is 1. The molecule has 1 unspecified atom stereocenters. The highest BCUT2D eigenvalue weighted by Gasteiger charge is 2.11. The number of hydrogen-bond donors (Lipinski definition) is 0. The van der Waals surface area contributed by atoms with Crippen LogP contribution in [-0.4, -0.2) is 28.5 Å². The first kappa shape index (κ1) is 12.0. The number of nitrogens with zero attached hydrogens (tertiary/aromatic N) is 2. The number of aromatic nitrogens is 2. The van der Waals surface area contributed by atoms with Crippen molar-refractivity contribution in [1.82, 2.24) is 10.1 Å². The minimum atomic E-state index is -0.197. The highest BCUT2D eigenvalue weighted by Crippen LogP contribution is 2.19. The van der Waals surface area contributed by atoms with Gasteiger partial charge in [0.15, 0.2) is 5.82 Å². The van der Waals surface area contributed by atoms with E-state index in [1.807, 2.05) is 6.92 Å². The fourth-order valence-corrected chi connectivity index (χ4v) is 1.79. The standard InChI is InChI=1S/C9H14N2O3S/c1-6(4-9(12)13-3)15-5-8-10-7(2)11-14-8/h6H,4-5H2,1-3H3. The fraction of sp³-hybridized carbons (Fsp3) is 0.667. The topological polar surface area (TPSA) is 65.2 Å². The van der Waals surface area contributed by atoms with E-state index < -0.39 is 0 Å². The summed E-state index contributed by atoms with van der Waals surface area (Å²) in [4.78, 5) is 15.0. The van der Waals surface area contributed by atoms with Crippen molar-refractivity contribution in [3.63, 3.8) is 0 Å². The summed E-state index contributed by atoms with van der Waals surface area (Å²) < 4.78 is 9.52. The fourth-order valence-electron chi connectivity index (χ4n) is 0.989. The molecule has 0 fully saturated rings. The number of carbonyl (C=O) groups excluding carboxylic acids is 1. The molecule has 15 heavy (non-hydrogen) atoms. The molecule has 0 bridgehead atoms. The second-order valence-electron chi connectivity index (χ2n) is 3.14. The van der Waals surface area contributed by atoms with Crippen LogP contribution < -0.4 is 0 Å². The van der Waals surface area contributed by atoms with Crippen LogP contribution in [0.3, 0.4) is 0 Å². The van der Waals surface area contributed by atoms with E-state index >= 15 is 0 Å². The van der Waals surface area contributed by atoms with Crippen molar-refractivity contribution >= 4 is 17.7 Å². The van der Waals surface area contributed by atoms with Crippen molar-refractivity contribution in [1.29, 1.82) is 0 Å². The van der Waals surface area contributed by atoms with Gasteiger partial charge in [0.25, 0.3) is 0 Å². The summed E-state index contributed by atoms with van der Waals surface area (Å²) in [5.74, 6) is 1.65. The Kier molecular flexibility index (Phi) is 4.61. The molecule has 84 valence electrons. The average Bonchev–Trinajstić information content (AvgIpc) is 2.61. The predicted molar refractivity (Wildman–Crippen MR) is 56.4 cm³/mol. The average molecular weight is 230 g/mol. The maximum atomic E-state index is 11.0. The molecule has 1 rings (SSSR count). The summed E-state index contributed by atoms with van der Waals surface area (Å²) in [6, 6.07) is 0. The summed E-state index contributed by atoms with van der Waals surface area (Å²) in [5, 5.41) is 3.87. The summed E-state index contributed by atoms with van der Waals surface area (Å²) in [6.45, 7) is 3.74. The smallest absolute Gasteiger partial charge is 0.306 e. The molecule has 0 aromatic carbocycles. The number of rotatable bonds is 5. The molecule has 5 nitrogen and oxygen atoms in total. The van der Waals surface area contributed by atoms with Crippen molar-refractivity contribution < 1.29 is 14.1 Å². The van der Waals surface area contributed by atoms with Crippen LogP contribution in [0.1, 0.15) is 25.1 Å². The second kappa shape index (κ2) is 5.75. The van der Waals surface area contributed by atoms with Gasteiger partial charge in [-0.1, -0.05) is 12.1 Å². The van der Waals surface area contributed by atoms with E-state index in [0.717, 1.165) is 0 Å². The van der Waals surface area contributed by atoms with E-state index in [2.05, 4.69) is 14.9 Å². The number of methoxy groups -OCH3 is 1. The van der Waals surface area contributed by atoms with Gasteiger partial charge < -0.3 is 9.26 Å². The largest absolute Gasteiger partial charge is 0.469 e. The molecule has 0 aliphatic rings. The summed E-state index contributed by atoms with van der Waals surface area (Å²) in [7, 11) is 1.39. The molecule has 1 heterocycles. The zero-order chi connectivity index (χ0) is 11.3. The molecule has 0 aliphatic carbocycles. The van der Waals surface area contributed by atoms with E-state index in [0.29, 0.717) is 23.9 Å². The molecular weight excluding hydrogens is 216 g/mol. The zero-order valence-electron chi connectivity index (χ0n) is 9.02. The molecular formula is C9H14N2O3S. The number of ether oxygens (including phenoxy) is 1. The first-order valence-electron chi connectivity index (χ1n) is 4.59. The predicted octanol–water partition coefficient (Wildman–Crippen LogP) is 1.56. The van der Waals surface area contributed by atoms with Gasteiger partial charge >= 0.3 is 5.97 Å². The first-order valence-corrected chi connectivity index (χ1v) is 5.64. The molecule has 0 aliphatic heterocycles. The van der Waals surface area contributed by atoms with Crippen molar-refractivity contribution in [2.24, 2.45) is 0 Å². The van der Waals surface area contributed by atoms with E-state index in [1.54, 1.807) is 18.7 Å². The number of aryl methyl sites for hydroxylation is 1. The number of esters is 1. The van der Waals surface area contributed by atoms with Gasteiger partial charge in [-0.3, -0.25) is 4.79 Å². The molecule has 0 amide bonds. The van der Waals surface area contributed by atoms with E-state index in [4.69, 9.17) is 4.52 Å².